The molecule has 0 bridgehead atoms. The molecule has 0 radical (unpaired) electrons. The Hall–Kier alpha value is -2.64. The molecular formula is C21H24ClN3O4. The van der Waals surface area contributed by atoms with Crippen molar-refractivity contribution in [1.82, 2.24) is 14.7 Å². The number of hydrogen-bond donors (Lipinski definition) is 0. The van der Waals surface area contributed by atoms with Gasteiger partial charge in [0, 0.05) is 24.7 Å². The lowest BCUT2D eigenvalue weighted by atomic mass is 10.2. The van der Waals surface area contributed by atoms with Crippen LogP contribution < -0.4 is 0 Å². The number of ether oxygens (including phenoxy) is 2. The Morgan fingerprint density at radius 2 is 2.10 bits per heavy atom. The molecule has 1 unspecified atom stereocenters. The number of hydrogen-bond acceptors (Lipinski definition) is 5. The van der Waals surface area contributed by atoms with Crippen molar-refractivity contribution in [3.63, 3.8) is 0 Å². The van der Waals surface area contributed by atoms with Crippen molar-refractivity contribution >= 4 is 29.6 Å². The van der Waals surface area contributed by atoms with E-state index in [1.54, 1.807) is 15.7 Å². The third-order valence-corrected chi connectivity index (χ3v) is 5.00. The lowest BCUT2D eigenvalue weighted by Gasteiger charge is -2.30. The van der Waals surface area contributed by atoms with Crippen molar-refractivity contribution in [2.45, 2.75) is 26.5 Å². The van der Waals surface area contributed by atoms with E-state index in [9.17, 15) is 9.59 Å². The number of aryl methyl sites for hydroxylation is 1. The number of nitrogens with zero attached hydrogens (tertiary/aromatic N) is 3. The standard InChI is InChI=1S/C21H24ClN3O4/c1-15-12-24(10-11-28-15)19(26)14-29-20(27)9-8-18-16(2)23-25(21(18)22)13-17-6-4-3-5-7-17/h3-9,15H,10-14H2,1-2H3/b9-8+. The van der Waals surface area contributed by atoms with E-state index >= 15 is 0 Å². The van der Waals surface area contributed by atoms with Gasteiger partial charge in [-0.1, -0.05) is 41.9 Å². The lowest BCUT2D eigenvalue weighted by Crippen LogP contribution is -2.46. The first-order valence-corrected chi connectivity index (χ1v) is 9.83. The summed E-state index contributed by atoms with van der Waals surface area (Å²) < 4.78 is 12.1. The van der Waals surface area contributed by atoms with Crippen molar-refractivity contribution < 1.29 is 19.1 Å². The molecular weight excluding hydrogens is 394 g/mol. The fourth-order valence-corrected chi connectivity index (χ4v) is 3.38. The van der Waals surface area contributed by atoms with Gasteiger partial charge in [-0.3, -0.25) is 4.79 Å². The largest absolute Gasteiger partial charge is 0.452 e. The maximum atomic E-state index is 12.1. The fourth-order valence-electron chi connectivity index (χ4n) is 3.09. The molecule has 1 amide bonds. The van der Waals surface area contributed by atoms with Gasteiger partial charge in [-0.25, -0.2) is 9.48 Å². The number of rotatable bonds is 6. The molecule has 1 saturated heterocycles. The molecule has 1 aromatic carbocycles. The van der Waals surface area contributed by atoms with Crippen LogP contribution in [0.15, 0.2) is 36.4 Å². The lowest BCUT2D eigenvalue weighted by molar-refractivity contribution is -0.151. The van der Waals surface area contributed by atoms with Gasteiger partial charge in [0.2, 0.25) is 0 Å². The fraction of sp³-hybridized carbons (Fsp3) is 0.381. The Morgan fingerprint density at radius 1 is 1.34 bits per heavy atom. The predicted molar refractivity (Wildman–Crippen MR) is 110 cm³/mol. The van der Waals surface area contributed by atoms with E-state index in [1.165, 1.54) is 6.08 Å². The zero-order chi connectivity index (χ0) is 20.8. The summed E-state index contributed by atoms with van der Waals surface area (Å²) in [6.07, 6.45) is 2.81. The van der Waals surface area contributed by atoms with Gasteiger partial charge in [0.25, 0.3) is 5.91 Å². The average Bonchev–Trinajstić information content (AvgIpc) is 2.98. The molecule has 1 atom stereocenters. The minimum absolute atomic E-state index is 0.0131. The molecule has 1 aromatic heterocycles. The summed E-state index contributed by atoms with van der Waals surface area (Å²) in [6.45, 7) is 5.46. The second-order valence-corrected chi connectivity index (χ2v) is 7.25. The second-order valence-electron chi connectivity index (χ2n) is 6.90. The SMILES string of the molecule is Cc1nn(Cc2ccccc2)c(Cl)c1/C=C/C(=O)OCC(=O)N1CCOC(C)C1. The number of amides is 1. The molecule has 1 aliphatic rings. The van der Waals surface area contributed by atoms with Crippen LogP contribution in [0.1, 0.15) is 23.7 Å². The number of morpholine rings is 1. The van der Waals surface area contributed by atoms with E-state index in [1.807, 2.05) is 44.2 Å². The number of aromatic nitrogens is 2. The number of halogens is 1. The monoisotopic (exact) mass is 417 g/mol. The minimum Gasteiger partial charge on any atom is -0.452 e. The van der Waals surface area contributed by atoms with Crippen molar-refractivity contribution in [2.24, 2.45) is 0 Å². The van der Waals surface area contributed by atoms with Gasteiger partial charge >= 0.3 is 5.97 Å². The zero-order valence-electron chi connectivity index (χ0n) is 16.5. The first-order chi connectivity index (χ1) is 13.9. The molecule has 0 N–H and O–H groups in total. The molecule has 1 fully saturated rings. The van der Waals surface area contributed by atoms with E-state index in [4.69, 9.17) is 21.1 Å². The van der Waals surface area contributed by atoms with Crippen LogP contribution in [0.25, 0.3) is 6.08 Å². The molecule has 0 saturated carbocycles. The molecule has 8 heteroatoms. The molecule has 2 aromatic rings. The first-order valence-electron chi connectivity index (χ1n) is 9.45. The Balaban J connectivity index is 1.56. The van der Waals surface area contributed by atoms with Gasteiger partial charge in [-0.15, -0.1) is 0 Å². The van der Waals surface area contributed by atoms with Crippen LogP contribution in [0.2, 0.25) is 5.15 Å². The summed E-state index contributed by atoms with van der Waals surface area (Å²) in [6, 6.07) is 9.84. The van der Waals surface area contributed by atoms with E-state index in [-0.39, 0.29) is 18.6 Å². The van der Waals surface area contributed by atoms with Gasteiger partial charge < -0.3 is 14.4 Å². The molecule has 7 nitrogen and oxygen atoms in total. The molecule has 154 valence electrons. The Labute approximate surface area is 174 Å². The maximum absolute atomic E-state index is 12.1. The summed E-state index contributed by atoms with van der Waals surface area (Å²) in [4.78, 5) is 25.8. The van der Waals surface area contributed by atoms with E-state index in [0.717, 1.165) is 5.56 Å². The smallest absolute Gasteiger partial charge is 0.331 e. The normalized spacial score (nSPS) is 16.9. The quantitative estimate of drug-likeness (QED) is 0.533. The number of esters is 1. The highest BCUT2D eigenvalue weighted by Crippen LogP contribution is 2.22. The van der Waals surface area contributed by atoms with Gasteiger partial charge in [0.1, 0.15) is 5.15 Å². The van der Waals surface area contributed by atoms with E-state index in [0.29, 0.717) is 42.7 Å². The molecule has 2 heterocycles. The Morgan fingerprint density at radius 3 is 2.83 bits per heavy atom. The van der Waals surface area contributed by atoms with Crippen molar-refractivity contribution in [3.05, 3.63) is 58.4 Å². The number of carbonyl (C=O) groups excluding carboxylic acids is 2. The zero-order valence-corrected chi connectivity index (χ0v) is 17.3. The molecule has 0 spiro atoms. The highest BCUT2D eigenvalue weighted by atomic mass is 35.5. The summed E-state index contributed by atoms with van der Waals surface area (Å²) in [5.74, 6) is -0.835. The maximum Gasteiger partial charge on any atom is 0.331 e. The van der Waals surface area contributed by atoms with Crippen LogP contribution >= 0.6 is 11.6 Å². The third kappa shape index (κ3) is 5.68. The molecule has 1 aliphatic heterocycles. The molecule has 3 rings (SSSR count). The van der Waals surface area contributed by atoms with Crippen LogP contribution in [-0.4, -0.2) is 59.0 Å². The first kappa shape index (κ1) is 21.1. The summed E-state index contributed by atoms with van der Waals surface area (Å²) >= 11 is 6.43. The average molecular weight is 418 g/mol. The van der Waals surface area contributed by atoms with E-state index in [2.05, 4.69) is 5.10 Å². The van der Waals surface area contributed by atoms with Crippen LogP contribution in [0, 0.1) is 6.92 Å². The summed E-state index contributed by atoms with van der Waals surface area (Å²) in [5, 5.41) is 4.87. The van der Waals surface area contributed by atoms with E-state index < -0.39 is 5.97 Å². The highest BCUT2D eigenvalue weighted by Gasteiger charge is 2.22. The Bertz CT molecular complexity index is 895. The predicted octanol–water partition coefficient (Wildman–Crippen LogP) is 2.70. The van der Waals surface area contributed by atoms with Gasteiger partial charge in [-0.05, 0) is 25.5 Å². The second kappa shape index (κ2) is 9.71. The van der Waals surface area contributed by atoms with Crippen molar-refractivity contribution in [1.29, 1.82) is 0 Å². The molecule has 0 aliphatic carbocycles. The van der Waals surface area contributed by atoms with Crippen LogP contribution in [-0.2, 0) is 25.6 Å². The third-order valence-electron chi connectivity index (χ3n) is 4.60. The number of carbonyl (C=O) groups is 2. The van der Waals surface area contributed by atoms with Crippen LogP contribution in [0.5, 0.6) is 0 Å². The summed E-state index contributed by atoms with van der Waals surface area (Å²) in [7, 11) is 0. The van der Waals surface area contributed by atoms with Crippen molar-refractivity contribution in [2.75, 3.05) is 26.3 Å². The van der Waals surface area contributed by atoms with Gasteiger partial charge in [0.15, 0.2) is 6.61 Å². The summed E-state index contributed by atoms with van der Waals surface area (Å²) in [5.41, 5.74) is 2.42. The Kier molecular flexibility index (Phi) is 7.06. The topological polar surface area (TPSA) is 73.7 Å². The van der Waals surface area contributed by atoms with Gasteiger partial charge in [0.05, 0.1) is 24.9 Å². The number of benzene rings is 1. The van der Waals surface area contributed by atoms with Crippen LogP contribution in [0.3, 0.4) is 0 Å². The minimum atomic E-state index is -0.606. The van der Waals surface area contributed by atoms with Gasteiger partial charge in [-0.2, -0.15) is 5.10 Å². The van der Waals surface area contributed by atoms with Crippen LogP contribution in [0.4, 0.5) is 0 Å². The van der Waals surface area contributed by atoms with Crippen molar-refractivity contribution in [3.8, 4) is 0 Å². The highest BCUT2D eigenvalue weighted by molar-refractivity contribution is 6.31. The molecule has 29 heavy (non-hydrogen) atoms.